The maximum atomic E-state index is 14.3. The number of esters is 1. The molecule has 0 saturated heterocycles. The van der Waals surface area contributed by atoms with E-state index in [4.69, 9.17) is 4.74 Å². The van der Waals surface area contributed by atoms with Crippen LogP contribution >= 0.6 is 0 Å². The van der Waals surface area contributed by atoms with E-state index < -0.39 is 29.2 Å². The van der Waals surface area contributed by atoms with Gasteiger partial charge in [0.25, 0.3) is 11.8 Å². The summed E-state index contributed by atoms with van der Waals surface area (Å²) >= 11 is 0. The van der Waals surface area contributed by atoms with Crippen molar-refractivity contribution >= 4 is 23.5 Å². The Balaban J connectivity index is 2.02. The van der Waals surface area contributed by atoms with Crippen LogP contribution < -0.4 is 4.90 Å². The predicted octanol–water partition coefficient (Wildman–Crippen LogP) is 3.58. The molecule has 0 bridgehead atoms. The molecule has 0 atom stereocenters. The van der Waals surface area contributed by atoms with Crippen LogP contribution in [0.2, 0.25) is 0 Å². The van der Waals surface area contributed by atoms with E-state index in [0.717, 1.165) is 17.0 Å². The minimum atomic E-state index is -0.776. The van der Waals surface area contributed by atoms with Crippen LogP contribution in [0, 0.1) is 5.82 Å². The van der Waals surface area contributed by atoms with Crippen LogP contribution in [0.1, 0.15) is 51.8 Å². The van der Waals surface area contributed by atoms with Crippen molar-refractivity contribution in [2.75, 3.05) is 4.90 Å². The zero-order chi connectivity index (χ0) is 18.4. The van der Waals surface area contributed by atoms with Crippen molar-refractivity contribution in [2.24, 2.45) is 0 Å². The zero-order valence-electron chi connectivity index (χ0n) is 14.0. The van der Waals surface area contributed by atoms with Crippen LogP contribution in [-0.4, -0.2) is 23.4 Å². The van der Waals surface area contributed by atoms with Crippen molar-refractivity contribution in [3.8, 4) is 0 Å². The Morgan fingerprint density at radius 2 is 1.56 bits per heavy atom. The lowest BCUT2D eigenvalue weighted by Gasteiger charge is -2.20. The van der Waals surface area contributed by atoms with Crippen molar-refractivity contribution < 1.29 is 23.5 Å². The number of anilines is 1. The molecular formula is C19H16FNO4. The number of ether oxygens (including phenoxy) is 1. The van der Waals surface area contributed by atoms with Crippen molar-refractivity contribution in [1.82, 2.24) is 0 Å². The molecule has 0 aromatic heterocycles. The molecule has 2 aromatic rings. The topological polar surface area (TPSA) is 63.7 Å². The molecule has 0 aliphatic carbocycles. The molecule has 0 N–H and O–H groups in total. The van der Waals surface area contributed by atoms with Crippen LogP contribution in [0.15, 0.2) is 42.5 Å². The number of hydrogen-bond acceptors (Lipinski definition) is 4. The van der Waals surface area contributed by atoms with Crippen molar-refractivity contribution in [1.29, 1.82) is 0 Å². The second-order valence-corrected chi connectivity index (χ2v) is 6.66. The predicted molar refractivity (Wildman–Crippen MR) is 89.2 cm³/mol. The van der Waals surface area contributed by atoms with Gasteiger partial charge in [0, 0.05) is 0 Å². The lowest BCUT2D eigenvalue weighted by molar-refractivity contribution is 0.00691. The van der Waals surface area contributed by atoms with Gasteiger partial charge >= 0.3 is 5.97 Å². The second-order valence-electron chi connectivity index (χ2n) is 6.66. The van der Waals surface area contributed by atoms with Gasteiger partial charge in [0.1, 0.15) is 11.4 Å². The summed E-state index contributed by atoms with van der Waals surface area (Å²) in [7, 11) is 0. The molecule has 0 unspecified atom stereocenters. The highest BCUT2D eigenvalue weighted by molar-refractivity contribution is 6.34. The Morgan fingerprint density at radius 1 is 1.00 bits per heavy atom. The maximum Gasteiger partial charge on any atom is 0.338 e. The van der Waals surface area contributed by atoms with Crippen LogP contribution in [-0.2, 0) is 4.74 Å². The zero-order valence-corrected chi connectivity index (χ0v) is 14.0. The van der Waals surface area contributed by atoms with Gasteiger partial charge in [0.2, 0.25) is 0 Å². The summed E-state index contributed by atoms with van der Waals surface area (Å²) in [5.74, 6) is -2.69. The summed E-state index contributed by atoms with van der Waals surface area (Å²) in [6.07, 6.45) is 0. The molecule has 6 heteroatoms. The summed E-state index contributed by atoms with van der Waals surface area (Å²) in [5, 5.41) is 0. The molecule has 128 valence electrons. The molecular weight excluding hydrogens is 325 g/mol. The van der Waals surface area contributed by atoms with Gasteiger partial charge < -0.3 is 4.74 Å². The average molecular weight is 341 g/mol. The van der Waals surface area contributed by atoms with Gasteiger partial charge in [0.15, 0.2) is 0 Å². The highest BCUT2D eigenvalue weighted by Gasteiger charge is 2.38. The first-order valence-electron chi connectivity index (χ1n) is 7.70. The number of halogens is 1. The molecule has 0 spiro atoms. The Morgan fingerprint density at radius 3 is 2.08 bits per heavy atom. The van der Waals surface area contributed by atoms with E-state index in [2.05, 4.69) is 0 Å². The molecule has 3 rings (SSSR count). The molecule has 2 aromatic carbocycles. The number of rotatable bonds is 2. The van der Waals surface area contributed by atoms with Gasteiger partial charge in [-0.05, 0) is 51.1 Å². The lowest BCUT2D eigenvalue weighted by atomic mass is 10.1. The van der Waals surface area contributed by atoms with Gasteiger partial charge in [-0.3, -0.25) is 9.59 Å². The molecule has 1 aliphatic heterocycles. The number of carbonyl (C=O) groups excluding carboxylic acids is 3. The van der Waals surface area contributed by atoms with Crippen molar-refractivity contribution in [2.45, 2.75) is 26.4 Å². The quantitative estimate of drug-likeness (QED) is 0.619. The summed E-state index contributed by atoms with van der Waals surface area (Å²) in [4.78, 5) is 37.9. The third kappa shape index (κ3) is 3.03. The van der Waals surface area contributed by atoms with Gasteiger partial charge in [0.05, 0.1) is 22.4 Å². The normalized spacial score (nSPS) is 13.8. The number of benzene rings is 2. The van der Waals surface area contributed by atoms with E-state index in [-0.39, 0.29) is 22.4 Å². The minimum absolute atomic E-state index is 0.0582. The van der Waals surface area contributed by atoms with Gasteiger partial charge in [-0.25, -0.2) is 14.1 Å². The fourth-order valence-corrected chi connectivity index (χ4v) is 2.56. The fraction of sp³-hybridized carbons (Fsp3) is 0.211. The third-order valence-electron chi connectivity index (χ3n) is 3.62. The van der Waals surface area contributed by atoms with E-state index >= 15 is 0 Å². The summed E-state index contributed by atoms with van der Waals surface area (Å²) < 4.78 is 19.5. The average Bonchev–Trinajstić information content (AvgIpc) is 2.78. The van der Waals surface area contributed by atoms with Crippen LogP contribution in [0.3, 0.4) is 0 Å². The van der Waals surface area contributed by atoms with E-state index in [0.29, 0.717) is 0 Å². The first kappa shape index (κ1) is 16.8. The lowest BCUT2D eigenvalue weighted by Crippen LogP contribution is -2.30. The van der Waals surface area contributed by atoms with Crippen molar-refractivity contribution in [3.63, 3.8) is 0 Å². The van der Waals surface area contributed by atoms with E-state index in [1.165, 1.54) is 18.2 Å². The molecule has 0 fully saturated rings. The van der Waals surface area contributed by atoms with E-state index in [9.17, 15) is 18.8 Å². The number of hydrogen-bond donors (Lipinski definition) is 0. The highest BCUT2D eigenvalue weighted by atomic mass is 19.1. The molecule has 1 heterocycles. The first-order valence-corrected chi connectivity index (χ1v) is 7.70. The SMILES string of the molecule is CC(C)(C)OC(=O)c1ccc(F)c(N2C(=O)c3ccccc3C2=O)c1. The highest BCUT2D eigenvalue weighted by Crippen LogP contribution is 2.31. The summed E-state index contributed by atoms with van der Waals surface area (Å²) in [6, 6.07) is 9.71. The smallest absolute Gasteiger partial charge is 0.338 e. The third-order valence-corrected chi connectivity index (χ3v) is 3.62. The fourth-order valence-electron chi connectivity index (χ4n) is 2.56. The molecule has 2 amide bonds. The Bertz CT molecular complexity index is 864. The summed E-state index contributed by atoms with van der Waals surface area (Å²) in [5.41, 5.74) is -0.525. The molecule has 0 saturated carbocycles. The van der Waals surface area contributed by atoms with Crippen LogP contribution in [0.25, 0.3) is 0 Å². The molecule has 1 aliphatic rings. The Kier molecular flexibility index (Phi) is 3.91. The number of fused-ring (bicyclic) bond motifs is 1. The number of nitrogens with zero attached hydrogens (tertiary/aromatic N) is 1. The molecule has 5 nitrogen and oxygen atoms in total. The molecule has 25 heavy (non-hydrogen) atoms. The minimum Gasteiger partial charge on any atom is -0.456 e. The van der Waals surface area contributed by atoms with Gasteiger partial charge in [-0.15, -0.1) is 0 Å². The molecule has 0 radical (unpaired) electrons. The van der Waals surface area contributed by atoms with Gasteiger partial charge in [-0.2, -0.15) is 0 Å². The summed E-state index contributed by atoms with van der Waals surface area (Å²) in [6.45, 7) is 5.12. The Hall–Kier alpha value is -3.02. The standard InChI is InChI=1S/C19H16FNO4/c1-19(2,3)25-18(24)11-8-9-14(20)15(10-11)21-16(22)12-6-4-5-7-13(12)17(21)23/h4-10H,1-3H3. The number of amides is 2. The number of imide groups is 1. The second kappa shape index (κ2) is 5.81. The van der Waals surface area contributed by atoms with Crippen LogP contribution in [0.5, 0.6) is 0 Å². The van der Waals surface area contributed by atoms with Gasteiger partial charge in [-0.1, -0.05) is 12.1 Å². The first-order chi connectivity index (χ1) is 11.7. The van der Waals surface area contributed by atoms with Crippen molar-refractivity contribution in [3.05, 3.63) is 65.0 Å². The van der Waals surface area contributed by atoms with E-state index in [1.54, 1.807) is 32.9 Å². The maximum absolute atomic E-state index is 14.3. The van der Waals surface area contributed by atoms with E-state index in [1.807, 2.05) is 0 Å². The van der Waals surface area contributed by atoms with Crippen LogP contribution in [0.4, 0.5) is 10.1 Å². The largest absolute Gasteiger partial charge is 0.456 e. The monoisotopic (exact) mass is 341 g/mol. The number of carbonyl (C=O) groups is 3. The Labute approximate surface area is 144 Å².